The van der Waals surface area contributed by atoms with Crippen LogP contribution in [-0.4, -0.2) is 24.4 Å². The molecular weight excluding hydrogens is 286 g/mol. The van der Waals surface area contributed by atoms with E-state index in [4.69, 9.17) is 5.73 Å². The van der Waals surface area contributed by atoms with Crippen LogP contribution in [0.3, 0.4) is 0 Å². The number of carbonyl (C=O) groups is 2. The van der Waals surface area contributed by atoms with Crippen LogP contribution >= 0.6 is 15.9 Å². The zero-order chi connectivity index (χ0) is 12.6. The monoisotopic (exact) mass is 297 g/mol. The van der Waals surface area contributed by atoms with Gasteiger partial charge in [-0.25, -0.2) is 0 Å². The van der Waals surface area contributed by atoms with E-state index in [1.807, 2.05) is 0 Å². The van der Waals surface area contributed by atoms with Gasteiger partial charge in [0.1, 0.15) is 6.04 Å². The summed E-state index contributed by atoms with van der Waals surface area (Å²) in [5, 5.41) is 2.30. The first-order valence-electron chi connectivity index (χ1n) is 5.14. The van der Waals surface area contributed by atoms with Crippen molar-refractivity contribution in [2.45, 2.75) is 13.0 Å². The van der Waals surface area contributed by atoms with Crippen molar-refractivity contribution < 1.29 is 9.59 Å². The molecule has 2 rings (SSSR count). The van der Waals surface area contributed by atoms with Crippen LogP contribution in [0.5, 0.6) is 0 Å². The Balaban J connectivity index is 2.37. The highest BCUT2D eigenvalue weighted by atomic mass is 79.9. The molecule has 1 atom stereocenters. The molecule has 6 heteroatoms. The average Bonchev–Trinajstić information content (AvgIpc) is 2.24. The number of hydrogen-bond donors (Lipinski definition) is 2. The normalized spacial score (nSPS) is 20.4. The number of rotatable bonds is 1. The van der Waals surface area contributed by atoms with Crippen molar-refractivity contribution in [2.75, 3.05) is 17.2 Å². The number of nitrogens with one attached hydrogen (secondary N) is 1. The molecule has 1 aliphatic heterocycles. The van der Waals surface area contributed by atoms with Gasteiger partial charge in [-0.1, -0.05) is 0 Å². The highest BCUT2D eigenvalue weighted by Gasteiger charge is 2.31. The maximum atomic E-state index is 11.6. The summed E-state index contributed by atoms with van der Waals surface area (Å²) in [6, 6.07) is 4.90. The lowest BCUT2D eigenvalue weighted by Gasteiger charge is -2.34. The van der Waals surface area contributed by atoms with Crippen molar-refractivity contribution in [2.24, 2.45) is 0 Å². The van der Waals surface area contributed by atoms with Gasteiger partial charge in [0.15, 0.2) is 0 Å². The largest absolute Gasteiger partial charge is 0.399 e. The molecule has 1 heterocycles. The van der Waals surface area contributed by atoms with Crippen LogP contribution in [0.2, 0.25) is 0 Å². The molecule has 17 heavy (non-hydrogen) atoms. The van der Waals surface area contributed by atoms with Gasteiger partial charge in [-0.3, -0.25) is 14.9 Å². The van der Waals surface area contributed by atoms with Crippen LogP contribution in [-0.2, 0) is 9.59 Å². The first-order valence-corrected chi connectivity index (χ1v) is 5.93. The second-order valence-electron chi connectivity index (χ2n) is 3.93. The third kappa shape index (κ3) is 2.26. The van der Waals surface area contributed by atoms with Gasteiger partial charge in [0.25, 0.3) is 0 Å². The van der Waals surface area contributed by atoms with Gasteiger partial charge in [-0.15, -0.1) is 0 Å². The number of piperazine rings is 1. The van der Waals surface area contributed by atoms with Crippen LogP contribution < -0.4 is 16.0 Å². The van der Waals surface area contributed by atoms with E-state index >= 15 is 0 Å². The number of nitrogens with two attached hydrogens (primary N) is 1. The van der Waals surface area contributed by atoms with E-state index in [0.29, 0.717) is 5.69 Å². The number of carbonyl (C=O) groups excluding carboxylic acids is 2. The van der Waals surface area contributed by atoms with Gasteiger partial charge < -0.3 is 10.6 Å². The summed E-state index contributed by atoms with van der Waals surface area (Å²) in [7, 11) is 0. The number of benzene rings is 1. The Hall–Kier alpha value is -1.56. The minimum atomic E-state index is -0.382. The number of halogens is 1. The molecular formula is C11H12BrN3O2. The van der Waals surface area contributed by atoms with Crippen molar-refractivity contribution in [3.8, 4) is 0 Å². The number of imide groups is 1. The molecule has 0 bridgehead atoms. The van der Waals surface area contributed by atoms with Gasteiger partial charge in [-0.2, -0.15) is 0 Å². The Bertz CT molecular complexity index is 490. The first-order chi connectivity index (χ1) is 7.99. The molecule has 0 spiro atoms. The molecule has 2 amide bonds. The highest BCUT2D eigenvalue weighted by Crippen LogP contribution is 2.30. The van der Waals surface area contributed by atoms with Gasteiger partial charge in [0.2, 0.25) is 11.8 Å². The third-order valence-corrected chi connectivity index (χ3v) is 3.34. The lowest BCUT2D eigenvalue weighted by molar-refractivity contribution is -0.132. The van der Waals surface area contributed by atoms with Crippen LogP contribution in [0.15, 0.2) is 22.7 Å². The molecule has 1 aromatic carbocycles. The lowest BCUT2D eigenvalue weighted by Crippen LogP contribution is -2.57. The van der Waals surface area contributed by atoms with E-state index in [1.54, 1.807) is 30.0 Å². The van der Waals surface area contributed by atoms with Crippen molar-refractivity contribution in [1.29, 1.82) is 0 Å². The number of nitrogens with zero attached hydrogens (tertiary/aromatic N) is 1. The van der Waals surface area contributed by atoms with Gasteiger partial charge >= 0.3 is 0 Å². The van der Waals surface area contributed by atoms with E-state index in [2.05, 4.69) is 21.2 Å². The fourth-order valence-electron chi connectivity index (χ4n) is 1.76. The summed E-state index contributed by atoms with van der Waals surface area (Å²) < 4.78 is 0.770. The fraction of sp³-hybridized carbons (Fsp3) is 0.273. The Kier molecular flexibility index (Phi) is 3.06. The van der Waals surface area contributed by atoms with E-state index in [0.717, 1.165) is 10.2 Å². The molecule has 0 saturated carbocycles. The van der Waals surface area contributed by atoms with E-state index in [9.17, 15) is 9.59 Å². The molecule has 1 aromatic rings. The quantitative estimate of drug-likeness (QED) is 0.596. The van der Waals surface area contributed by atoms with Crippen LogP contribution in [0.4, 0.5) is 11.4 Å². The van der Waals surface area contributed by atoms with Crippen LogP contribution in [0.25, 0.3) is 0 Å². The summed E-state index contributed by atoms with van der Waals surface area (Å²) in [6.07, 6.45) is 0. The lowest BCUT2D eigenvalue weighted by atomic mass is 10.1. The van der Waals surface area contributed by atoms with E-state index in [-0.39, 0.29) is 24.4 Å². The smallest absolute Gasteiger partial charge is 0.249 e. The fourth-order valence-corrected chi connectivity index (χ4v) is 2.39. The predicted molar refractivity (Wildman–Crippen MR) is 68.5 cm³/mol. The third-order valence-electron chi connectivity index (χ3n) is 2.70. The van der Waals surface area contributed by atoms with Crippen LogP contribution in [0.1, 0.15) is 6.92 Å². The molecule has 0 aliphatic carbocycles. The molecule has 1 aliphatic rings. The Morgan fingerprint density at radius 1 is 1.47 bits per heavy atom. The average molecular weight is 298 g/mol. The van der Waals surface area contributed by atoms with Gasteiger partial charge in [0, 0.05) is 10.2 Å². The molecule has 1 unspecified atom stereocenters. The van der Waals surface area contributed by atoms with Crippen molar-refractivity contribution in [3.05, 3.63) is 22.7 Å². The number of nitrogen functional groups attached to an aromatic ring is 1. The summed E-state index contributed by atoms with van der Waals surface area (Å²) in [5.74, 6) is -0.582. The summed E-state index contributed by atoms with van der Waals surface area (Å²) in [5.41, 5.74) is 7.06. The second kappa shape index (κ2) is 4.37. The van der Waals surface area contributed by atoms with Gasteiger partial charge in [0.05, 0.1) is 12.2 Å². The molecule has 0 aromatic heterocycles. The topological polar surface area (TPSA) is 75.4 Å². The first kappa shape index (κ1) is 11.9. The molecule has 0 radical (unpaired) electrons. The molecule has 90 valence electrons. The number of hydrogen-bond acceptors (Lipinski definition) is 4. The van der Waals surface area contributed by atoms with Crippen molar-refractivity contribution in [3.63, 3.8) is 0 Å². The van der Waals surface area contributed by atoms with Crippen LogP contribution in [0, 0.1) is 0 Å². The molecule has 1 saturated heterocycles. The van der Waals surface area contributed by atoms with Crippen molar-refractivity contribution >= 4 is 39.1 Å². The maximum Gasteiger partial charge on any atom is 0.249 e. The number of amides is 2. The summed E-state index contributed by atoms with van der Waals surface area (Å²) >= 11 is 3.39. The zero-order valence-electron chi connectivity index (χ0n) is 9.24. The van der Waals surface area contributed by atoms with E-state index < -0.39 is 0 Å². The molecule has 1 fully saturated rings. The van der Waals surface area contributed by atoms with Crippen molar-refractivity contribution in [1.82, 2.24) is 5.32 Å². The van der Waals surface area contributed by atoms with E-state index in [1.165, 1.54) is 0 Å². The molecule has 3 N–H and O–H groups in total. The summed E-state index contributed by atoms with van der Waals surface area (Å²) in [6.45, 7) is 1.92. The molecule has 5 nitrogen and oxygen atoms in total. The Labute approximate surface area is 107 Å². The van der Waals surface area contributed by atoms with Gasteiger partial charge in [-0.05, 0) is 41.1 Å². The Morgan fingerprint density at radius 3 is 2.82 bits per heavy atom. The standard InChI is InChI=1S/C11H12BrN3O2/c1-6-11(17)14-10(16)5-15(6)9-3-2-7(13)4-8(9)12/h2-4,6H,5,13H2,1H3,(H,14,16,17). The Morgan fingerprint density at radius 2 is 2.18 bits per heavy atom. The SMILES string of the molecule is CC1C(=O)NC(=O)CN1c1ccc(N)cc1Br. The zero-order valence-corrected chi connectivity index (χ0v) is 10.8. The highest BCUT2D eigenvalue weighted by molar-refractivity contribution is 9.10. The predicted octanol–water partition coefficient (Wildman–Crippen LogP) is 0.883. The number of anilines is 2. The second-order valence-corrected chi connectivity index (χ2v) is 4.78. The minimum absolute atomic E-state index is 0.162. The minimum Gasteiger partial charge on any atom is -0.399 e. The summed E-state index contributed by atoms with van der Waals surface area (Å²) in [4.78, 5) is 24.7. The maximum absolute atomic E-state index is 11.6.